The molecule has 1 N–H and O–H groups in total. The van der Waals surface area contributed by atoms with Gasteiger partial charge in [0.1, 0.15) is 11.2 Å². The van der Waals surface area contributed by atoms with Gasteiger partial charge in [-0.1, -0.05) is 17.7 Å². The van der Waals surface area contributed by atoms with Crippen molar-refractivity contribution < 1.29 is 23.8 Å². The van der Waals surface area contributed by atoms with Crippen molar-refractivity contribution in [3.8, 4) is 11.1 Å². The number of amides is 3. The van der Waals surface area contributed by atoms with Gasteiger partial charge < -0.3 is 29.0 Å². The number of aromatic amines is 1. The molecule has 5 heterocycles. The van der Waals surface area contributed by atoms with Crippen LogP contribution in [0.3, 0.4) is 0 Å². The number of aromatic nitrogens is 2. The molecule has 0 radical (unpaired) electrons. The molecule has 3 aromatic rings. The van der Waals surface area contributed by atoms with Crippen molar-refractivity contribution in [1.29, 1.82) is 0 Å². The van der Waals surface area contributed by atoms with E-state index in [9.17, 15) is 9.59 Å². The highest BCUT2D eigenvalue weighted by atomic mass is 35.5. The molecule has 1 atom stereocenters. The number of carbonyl (C=O) groups excluding carboxylic acids is 2. The van der Waals surface area contributed by atoms with Gasteiger partial charge in [-0.25, -0.2) is 14.6 Å². The summed E-state index contributed by atoms with van der Waals surface area (Å²) >= 11 is 6.42. The number of halogens is 1. The van der Waals surface area contributed by atoms with Crippen LogP contribution in [-0.4, -0.2) is 95.0 Å². The number of ether oxygens (including phenoxy) is 3. The molecular formula is C30H36ClN5O5. The minimum absolute atomic E-state index is 0.0228. The Morgan fingerprint density at radius 2 is 1.80 bits per heavy atom. The zero-order valence-corrected chi connectivity index (χ0v) is 24.5. The molecule has 3 amide bonds. The molecule has 1 unspecified atom stereocenters. The predicted molar refractivity (Wildman–Crippen MR) is 155 cm³/mol. The lowest BCUT2D eigenvalue weighted by molar-refractivity contribution is -0.0334. The second-order valence-corrected chi connectivity index (χ2v) is 12.2. The van der Waals surface area contributed by atoms with Crippen molar-refractivity contribution >= 4 is 34.8 Å². The maximum absolute atomic E-state index is 13.5. The van der Waals surface area contributed by atoms with Crippen molar-refractivity contribution in [1.82, 2.24) is 24.7 Å². The number of nitrogens with zero attached hydrogens (tertiary/aromatic N) is 4. The van der Waals surface area contributed by atoms with Crippen LogP contribution in [-0.2, 0) is 27.2 Å². The van der Waals surface area contributed by atoms with Gasteiger partial charge in [-0.2, -0.15) is 0 Å². The number of benzene rings is 1. The smallest absolute Gasteiger partial charge is 0.410 e. The zero-order valence-electron chi connectivity index (χ0n) is 23.7. The van der Waals surface area contributed by atoms with Crippen molar-refractivity contribution in [2.45, 2.75) is 45.4 Å². The summed E-state index contributed by atoms with van der Waals surface area (Å²) in [5.41, 5.74) is 5.18. The number of carbonyl (C=O) groups is 2. The molecule has 10 nitrogen and oxygen atoms in total. The van der Waals surface area contributed by atoms with Gasteiger partial charge in [-0.05, 0) is 61.6 Å². The van der Waals surface area contributed by atoms with Crippen molar-refractivity contribution in [2.75, 3.05) is 52.6 Å². The molecule has 2 saturated heterocycles. The molecule has 3 aliphatic rings. The van der Waals surface area contributed by atoms with Crippen molar-refractivity contribution in [2.24, 2.45) is 0 Å². The largest absolute Gasteiger partial charge is 0.444 e. The van der Waals surface area contributed by atoms with Crippen LogP contribution in [0.4, 0.5) is 9.59 Å². The van der Waals surface area contributed by atoms with E-state index in [0.717, 1.165) is 38.9 Å². The van der Waals surface area contributed by atoms with E-state index >= 15 is 0 Å². The number of pyridine rings is 1. The van der Waals surface area contributed by atoms with Crippen molar-refractivity contribution in [3.05, 3.63) is 52.3 Å². The highest BCUT2D eigenvalue weighted by molar-refractivity contribution is 6.35. The fourth-order valence-electron chi connectivity index (χ4n) is 5.81. The van der Waals surface area contributed by atoms with Crippen LogP contribution in [0.15, 0.2) is 30.6 Å². The maximum Gasteiger partial charge on any atom is 0.410 e. The van der Waals surface area contributed by atoms with Gasteiger partial charge in [-0.3, -0.25) is 4.90 Å². The molecule has 0 spiro atoms. The summed E-state index contributed by atoms with van der Waals surface area (Å²) in [7, 11) is 0. The lowest BCUT2D eigenvalue weighted by Crippen LogP contribution is -2.50. The molecule has 11 heteroatoms. The van der Waals surface area contributed by atoms with E-state index in [0.29, 0.717) is 70.6 Å². The number of urea groups is 1. The Morgan fingerprint density at radius 1 is 1.02 bits per heavy atom. The normalized spacial score (nSPS) is 19.8. The van der Waals surface area contributed by atoms with Crippen LogP contribution >= 0.6 is 11.6 Å². The average molecular weight is 582 g/mol. The highest BCUT2D eigenvalue weighted by Crippen LogP contribution is 2.38. The van der Waals surface area contributed by atoms with E-state index in [-0.39, 0.29) is 18.2 Å². The number of hydrogen-bond acceptors (Lipinski definition) is 6. The summed E-state index contributed by atoms with van der Waals surface area (Å²) in [6, 6.07) is 5.99. The Morgan fingerprint density at radius 3 is 2.59 bits per heavy atom. The number of hydrogen-bond donors (Lipinski definition) is 1. The van der Waals surface area contributed by atoms with Crippen LogP contribution in [0.2, 0.25) is 5.02 Å². The number of morpholine rings is 2. The van der Waals surface area contributed by atoms with Gasteiger partial charge in [0.25, 0.3) is 0 Å². The van der Waals surface area contributed by atoms with Gasteiger partial charge >= 0.3 is 12.1 Å². The summed E-state index contributed by atoms with van der Waals surface area (Å²) in [4.78, 5) is 40.1. The van der Waals surface area contributed by atoms with E-state index in [1.54, 1.807) is 11.1 Å². The Balaban J connectivity index is 1.41. The zero-order chi connectivity index (χ0) is 28.7. The Labute approximate surface area is 244 Å². The first kappa shape index (κ1) is 27.8. The third-order valence-electron chi connectivity index (χ3n) is 7.86. The molecule has 0 bridgehead atoms. The maximum atomic E-state index is 13.5. The number of rotatable bonds is 2. The second kappa shape index (κ2) is 11.2. The topological polar surface area (TPSA) is 100 Å². The summed E-state index contributed by atoms with van der Waals surface area (Å²) in [6.07, 6.45) is 3.90. The Hall–Kier alpha value is -3.34. The fraction of sp³-hybridized carbons (Fsp3) is 0.500. The number of fused-ring (bicyclic) bond motifs is 2. The van der Waals surface area contributed by atoms with Crippen LogP contribution in [0.5, 0.6) is 0 Å². The first-order valence-corrected chi connectivity index (χ1v) is 14.5. The van der Waals surface area contributed by atoms with Gasteiger partial charge in [-0.15, -0.1) is 0 Å². The van der Waals surface area contributed by atoms with E-state index in [2.05, 4.69) is 22.1 Å². The number of H-pyrrole nitrogens is 1. The summed E-state index contributed by atoms with van der Waals surface area (Å²) in [5, 5.41) is 1.46. The molecule has 41 heavy (non-hydrogen) atoms. The summed E-state index contributed by atoms with van der Waals surface area (Å²) in [6.45, 7) is 10.2. The van der Waals surface area contributed by atoms with E-state index < -0.39 is 5.60 Å². The molecule has 3 aliphatic heterocycles. The molecule has 0 saturated carbocycles. The SMILES string of the molecule is CC(C)(C)OC(=O)N1CCOCC1c1cc(-c2cnc3[nH]cc(Cl)c3c2)cc2c1CN(C(=O)N1CCOCC1)CC2. The van der Waals surface area contributed by atoms with Gasteiger partial charge in [0, 0.05) is 56.1 Å². The van der Waals surface area contributed by atoms with E-state index in [1.807, 2.05) is 42.8 Å². The lowest BCUT2D eigenvalue weighted by Gasteiger charge is -2.40. The van der Waals surface area contributed by atoms with Gasteiger partial charge in [0.15, 0.2) is 0 Å². The van der Waals surface area contributed by atoms with Crippen LogP contribution in [0.1, 0.15) is 43.5 Å². The lowest BCUT2D eigenvalue weighted by atomic mass is 9.87. The predicted octanol–water partition coefficient (Wildman–Crippen LogP) is 5.00. The summed E-state index contributed by atoms with van der Waals surface area (Å²) in [5.74, 6) is 0. The van der Waals surface area contributed by atoms with E-state index in [1.165, 1.54) is 0 Å². The molecular weight excluding hydrogens is 546 g/mol. The first-order chi connectivity index (χ1) is 19.7. The van der Waals surface area contributed by atoms with Crippen molar-refractivity contribution in [3.63, 3.8) is 0 Å². The second-order valence-electron chi connectivity index (χ2n) is 11.8. The first-order valence-electron chi connectivity index (χ1n) is 14.2. The minimum Gasteiger partial charge on any atom is -0.444 e. The summed E-state index contributed by atoms with van der Waals surface area (Å²) < 4.78 is 17.2. The average Bonchev–Trinajstić information content (AvgIpc) is 3.35. The quantitative estimate of drug-likeness (QED) is 0.457. The third-order valence-corrected chi connectivity index (χ3v) is 8.17. The van der Waals surface area contributed by atoms with E-state index in [4.69, 9.17) is 25.8 Å². The molecule has 2 aromatic heterocycles. The molecule has 1 aromatic carbocycles. The van der Waals surface area contributed by atoms with Crippen LogP contribution in [0, 0.1) is 0 Å². The monoisotopic (exact) mass is 581 g/mol. The molecule has 0 aliphatic carbocycles. The van der Waals surface area contributed by atoms with Gasteiger partial charge in [0.2, 0.25) is 0 Å². The highest BCUT2D eigenvalue weighted by Gasteiger charge is 2.36. The third kappa shape index (κ3) is 5.73. The number of nitrogens with one attached hydrogen (secondary N) is 1. The standard InChI is InChI=1S/C30H36ClN5O5/c1-30(2,3)41-29(38)36-8-11-40-18-26(36)22-13-20(21-14-23-25(31)16-33-27(23)32-15-21)12-19-4-5-35(17-24(19)22)28(37)34-6-9-39-10-7-34/h12-16,26H,4-11,17-18H2,1-3H3,(H,32,33). The van der Waals surface area contributed by atoms with Crippen LogP contribution in [0.25, 0.3) is 22.2 Å². The fourth-order valence-corrected chi connectivity index (χ4v) is 6.01. The molecule has 6 rings (SSSR count). The van der Waals surface area contributed by atoms with Gasteiger partial charge in [0.05, 0.1) is 37.5 Å². The minimum atomic E-state index is -0.625. The molecule has 218 valence electrons. The Kier molecular flexibility index (Phi) is 7.56. The Bertz CT molecular complexity index is 1460. The molecule has 2 fully saturated rings. The van der Waals surface area contributed by atoms with Crippen LogP contribution < -0.4 is 0 Å².